The summed E-state index contributed by atoms with van der Waals surface area (Å²) in [6, 6.07) is -0.889. The highest BCUT2D eigenvalue weighted by Crippen LogP contribution is 2.26. The van der Waals surface area contributed by atoms with E-state index in [0.29, 0.717) is 0 Å². The molecule has 1 aliphatic heterocycles. The van der Waals surface area contributed by atoms with Gasteiger partial charge in [-0.3, -0.25) is 20.2 Å². The van der Waals surface area contributed by atoms with Crippen molar-refractivity contribution in [3.8, 4) is 0 Å². The molecule has 0 spiro atoms. The molecule has 0 fully saturated rings. The highest BCUT2D eigenvalue weighted by Gasteiger charge is 2.31. The molecule has 0 bridgehead atoms. The van der Waals surface area contributed by atoms with E-state index in [1.54, 1.807) is 0 Å². The van der Waals surface area contributed by atoms with Gasteiger partial charge in [-0.05, 0) is 11.8 Å². The maximum Gasteiger partial charge on any atom is 0.306 e. The third-order valence-electron chi connectivity index (χ3n) is 1.19. The monoisotopic (exact) mass is 176 g/mol. The quantitative estimate of drug-likeness (QED) is 0.451. The average molecular weight is 176 g/mol. The van der Waals surface area contributed by atoms with Gasteiger partial charge in [-0.25, -0.2) is 0 Å². The molecule has 1 unspecified atom stereocenters. The second-order valence-electron chi connectivity index (χ2n) is 1.93. The van der Waals surface area contributed by atoms with E-state index in [2.05, 4.69) is 0 Å². The van der Waals surface area contributed by atoms with Crippen LogP contribution in [0.15, 0.2) is 11.1 Å². The first kappa shape index (κ1) is 7.99. The van der Waals surface area contributed by atoms with Crippen LogP contribution in [-0.4, -0.2) is 21.6 Å². The number of rotatable bonds is 2. The van der Waals surface area contributed by atoms with Gasteiger partial charge in [0.2, 0.25) is 6.04 Å². The molecule has 0 radical (unpaired) electrons. The minimum absolute atomic E-state index is 0.119. The summed E-state index contributed by atoms with van der Waals surface area (Å²) in [5, 5.41) is 20.0. The molecular weight excluding hydrogens is 172 g/mol. The van der Waals surface area contributed by atoms with Crippen molar-refractivity contribution in [1.29, 1.82) is 0 Å². The summed E-state index contributed by atoms with van der Waals surface area (Å²) >= 11 is 0.907. The molecule has 0 aromatic heterocycles. The van der Waals surface area contributed by atoms with Crippen LogP contribution in [0.25, 0.3) is 0 Å². The van der Waals surface area contributed by atoms with Gasteiger partial charge < -0.3 is 0 Å². The van der Waals surface area contributed by atoms with Crippen molar-refractivity contribution >= 4 is 11.8 Å². The Labute approximate surface area is 65.6 Å². The highest BCUT2D eigenvalue weighted by atomic mass is 32.2. The van der Waals surface area contributed by atoms with Crippen molar-refractivity contribution in [3.63, 3.8) is 0 Å². The minimum atomic E-state index is -0.889. The molecule has 6 nitrogen and oxygen atoms in total. The van der Waals surface area contributed by atoms with Crippen LogP contribution >= 0.6 is 11.8 Å². The zero-order chi connectivity index (χ0) is 8.43. The van der Waals surface area contributed by atoms with E-state index in [4.69, 9.17) is 0 Å². The predicted octanol–water partition coefficient (Wildman–Crippen LogP) is 0.497. The van der Waals surface area contributed by atoms with Crippen molar-refractivity contribution < 1.29 is 9.85 Å². The molecule has 0 aromatic rings. The van der Waals surface area contributed by atoms with E-state index >= 15 is 0 Å². The summed E-state index contributed by atoms with van der Waals surface area (Å²) in [7, 11) is 0. The van der Waals surface area contributed by atoms with E-state index in [0.717, 1.165) is 17.8 Å². The third-order valence-corrected chi connectivity index (χ3v) is 2.28. The summed E-state index contributed by atoms with van der Waals surface area (Å²) in [6.07, 6.45) is 1.07. The van der Waals surface area contributed by atoms with Gasteiger partial charge in [0.15, 0.2) is 0 Å². The van der Waals surface area contributed by atoms with Crippen molar-refractivity contribution in [2.24, 2.45) is 0 Å². The predicted molar refractivity (Wildman–Crippen MR) is 38.3 cm³/mol. The number of hydrogen-bond acceptors (Lipinski definition) is 5. The third kappa shape index (κ3) is 1.67. The summed E-state index contributed by atoms with van der Waals surface area (Å²) < 4.78 is 0. The van der Waals surface area contributed by atoms with E-state index in [-0.39, 0.29) is 10.8 Å². The topological polar surface area (TPSA) is 86.3 Å². The zero-order valence-electron chi connectivity index (χ0n) is 5.30. The molecule has 0 aliphatic carbocycles. The lowest BCUT2D eigenvalue weighted by atomic mass is 10.3. The molecule has 1 aliphatic rings. The SMILES string of the molecule is O=[N+]([O-])C1=CC([N+](=O)[O-])CS1. The number of nitrogens with zero attached hydrogens (tertiary/aromatic N) is 2. The van der Waals surface area contributed by atoms with Crippen LogP contribution in [0, 0.1) is 20.2 Å². The van der Waals surface area contributed by atoms with Gasteiger partial charge in [-0.15, -0.1) is 0 Å². The lowest BCUT2D eigenvalue weighted by Crippen LogP contribution is -2.16. The van der Waals surface area contributed by atoms with Gasteiger partial charge in [-0.2, -0.15) is 0 Å². The van der Waals surface area contributed by atoms with Gasteiger partial charge in [-0.1, -0.05) is 0 Å². The molecule has 7 heteroatoms. The normalized spacial score (nSPS) is 22.9. The fourth-order valence-corrected chi connectivity index (χ4v) is 1.59. The van der Waals surface area contributed by atoms with Crippen LogP contribution < -0.4 is 0 Å². The minimum Gasteiger partial charge on any atom is -0.264 e. The van der Waals surface area contributed by atoms with Gasteiger partial charge in [0.1, 0.15) is 0 Å². The molecule has 0 amide bonds. The molecule has 1 heterocycles. The van der Waals surface area contributed by atoms with Gasteiger partial charge >= 0.3 is 5.03 Å². The molecule has 1 atom stereocenters. The van der Waals surface area contributed by atoms with Crippen LogP contribution in [0.1, 0.15) is 0 Å². The Balaban J connectivity index is 2.68. The molecule has 0 aromatic carbocycles. The number of hydrogen-bond donors (Lipinski definition) is 0. The molecule has 0 saturated carbocycles. The van der Waals surface area contributed by atoms with Crippen molar-refractivity contribution in [3.05, 3.63) is 31.3 Å². The fraction of sp³-hybridized carbons (Fsp3) is 0.500. The van der Waals surface area contributed by atoms with Crippen LogP contribution in [0.4, 0.5) is 0 Å². The average Bonchev–Trinajstić information content (AvgIpc) is 2.33. The Hall–Kier alpha value is -1.11. The van der Waals surface area contributed by atoms with Crippen LogP contribution in [0.2, 0.25) is 0 Å². The van der Waals surface area contributed by atoms with E-state index in [9.17, 15) is 20.2 Å². The fourth-order valence-electron chi connectivity index (χ4n) is 0.667. The lowest BCUT2D eigenvalue weighted by Gasteiger charge is -1.91. The molecule has 0 saturated heterocycles. The van der Waals surface area contributed by atoms with Crippen molar-refractivity contribution in [2.45, 2.75) is 6.04 Å². The molecule has 0 N–H and O–H groups in total. The summed E-state index contributed by atoms with van der Waals surface area (Å²) in [6.45, 7) is 0. The van der Waals surface area contributed by atoms with Gasteiger partial charge in [0, 0.05) is 4.92 Å². The molecule has 1 rings (SSSR count). The van der Waals surface area contributed by atoms with E-state index in [1.807, 2.05) is 0 Å². The van der Waals surface area contributed by atoms with Crippen molar-refractivity contribution in [2.75, 3.05) is 5.75 Å². The smallest absolute Gasteiger partial charge is 0.264 e. The van der Waals surface area contributed by atoms with Crippen LogP contribution in [-0.2, 0) is 0 Å². The largest absolute Gasteiger partial charge is 0.306 e. The zero-order valence-corrected chi connectivity index (χ0v) is 6.11. The molecule has 11 heavy (non-hydrogen) atoms. The second-order valence-corrected chi connectivity index (χ2v) is 2.97. The van der Waals surface area contributed by atoms with Crippen molar-refractivity contribution in [1.82, 2.24) is 0 Å². The summed E-state index contributed by atoms with van der Waals surface area (Å²) in [5.74, 6) is 0.170. The number of nitro groups is 2. The van der Waals surface area contributed by atoms with Crippen LogP contribution in [0.3, 0.4) is 0 Å². The first-order valence-electron chi connectivity index (χ1n) is 2.74. The Morgan fingerprint density at radius 2 is 2.18 bits per heavy atom. The van der Waals surface area contributed by atoms with Gasteiger partial charge in [0.25, 0.3) is 0 Å². The number of thioether (sulfide) groups is 1. The first-order chi connectivity index (χ1) is 5.11. The molecular formula is C4H4N2O4S. The summed E-state index contributed by atoms with van der Waals surface area (Å²) in [4.78, 5) is 19.0. The molecule has 60 valence electrons. The Kier molecular flexibility index (Phi) is 2.08. The lowest BCUT2D eigenvalue weighted by molar-refractivity contribution is -0.504. The first-order valence-corrected chi connectivity index (χ1v) is 3.72. The maximum absolute atomic E-state index is 10.1. The standard InChI is InChI=1S/C4H4N2O4S/c7-5(8)3-1-4(6(9)10)11-2-3/h1,3H,2H2. The Bertz CT molecular complexity index is 238. The van der Waals surface area contributed by atoms with Gasteiger partial charge in [0.05, 0.1) is 16.8 Å². The second kappa shape index (κ2) is 2.87. The van der Waals surface area contributed by atoms with Crippen LogP contribution in [0.5, 0.6) is 0 Å². The Morgan fingerprint density at radius 1 is 1.55 bits per heavy atom. The summed E-state index contributed by atoms with van der Waals surface area (Å²) in [5.41, 5.74) is 0. The van der Waals surface area contributed by atoms with E-state index < -0.39 is 15.9 Å². The Morgan fingerprint density at radius 3 is 2.45 bits per heavy atom. The highest BCUT2D eigenvalue weighted by molar-refractivity contribution is 8.03. The van der Waals surface area contributed by atoms with E-state index in [1.165, 1.54) is 0 Å². The maximum atomic E-state index is 10.1.